The van der Waals surface area contributed by atoms with Crippen LogP contribution in [0.2, 0.25) is 0 Å². The van der Waals surface area contributed by atoms with Crippen LogP contribution in [0.15, 0.2) is 169 Å². The molecule has 5 aliphatic rings. The Morgan fingerprint density at radius 3 is 2.41 bits per heavy atom. The number of para-hydroxylation sites is 1. The molecule has 3 N–H and O–H groups in total. The van der Waals surface area contributed by atoms with Crippen LogP contribution in [0.1, 0.15) is 65.7 Å². The number of hydrogen-bond donors (Lipinski definition) is 2. The Hall–Kier alpha value is -6.27. The summed E-state index contributed by atoms with van der Waals surface area (Å²) >= 11 is 0. The summed E-state index contributed by atoms with van der Waals surface area (Å²) in [6.45, 7) is 0. The molecule has 58 heavy (non-hydrogen) atoms. The monoisotopic (exact) mass is 752 g/mol. The number of fused-ring (bicyclic) bond motifs is 8. The van der Waals surface area contributed by atoms with Gasteiger partial charge in [0.05, 0.1) is 28.5 Å². The van der Waals surface area contributed by atoms with Gasteiger partial charge in [0.15, 0.2) is 6.17 Å². The van der Waals surface area contributed by atoms with Gasteiger partial charge in [0.1, 0.15) is 6.17 Å². The second-order valence-corrected chi connectivity index (χ2v) is 16.6. The minimum Gasteiger partial charge on any atom is -0.332 e. The Morgan fingerprint density at radius 2 is 1.52 bits per heavy atom. The SMILES string of the molecule is C1=CC2c3ccccc3N(c3c4ccccc4cc4c3c3c(n4-c4ccc(C5=NC(C6C=CCCC6)NC(c6ccccc6)[NH2+]5)c5ccccc45)CCC=C3)C2C=C1. The molecule has 1 aromatic heterocycles. The lowest BCUT2D eigenvalue weighted by Crippen LogP contribution is -2.94. The zero-order valence-electron chi connectivity index (χ0n) is 32.5. The highest BCUT2D eigenvalue weighted by molar-refractivity contribution is 6.17. The lowest BCUT2D eigenvalue weighted by molar-refractivity contribution is -0.600. The van der Waals surface area contributed by atoms with E-state index < -0.39 is 0 Å². The van der Waals surface area contributed by atoms with Crippen molar-refractivity contribution < 1.29 is 5.32 Å². The summed E-state index contributed by atoms with van der Waals surface area (Å²) in [7, 11) is 0. The third kappa shape index (κ3) is 5.27. The number of quaternary nitrogens is 1. The predicted octanol–water partition coefficient (Wildman–Crippen LogP) is 10.9. The molecule has 5 heteroatoms. The van der Waals surface area contributed by atoms with Gasteiger partial charge in [-0.3, -0.25) is 5.32 Å². The fraction of sp³-hybridized carbons (Fsp3) is 0.189. The first-order valence-electron chi connectivity index (χ1n) is 21.2. The molecule has 0 bridgehead atoms. The minimum atomic E-state index is 0.0175. The van der Waals surface area contributed by atoms with Crippen molar-refractivity contribution in [1.82, 2.24) is 9.88 Å². The molecule has 0 saturated heterocycles. The highest BCUT2D eigenvalue weighted by Crippen LogP contribution is 2.53. The number of rotatable bonds is 5. The van der Waals surface area contributed by atoms with E-state index in [1.807, 2.05) is 0 Å². The van der Waals surface area contributed by atoms with Gasteiger partial charge in [-0.05, 0) is 72.7 Å². The number of amidine groups is 1. The molecule has 5 atom stereocenters. The van der Waals surface area contributed by atoms with Gasteiger partial charge in [-0.2, -0.15) is 0 Å². The average Bonchev–Trinajstić information content (AvgIpc) is 3.81. The fourth-order valence-corrected chi connectivity index (χ4v) is 10.7. The lowest BCUT2D eigenvalue weighted by atomic mass is 9.91. The molecule has 5 nitrogen and oxygen atoms in total. The van der Waals surface area contributed by atoms with Gasteiger partial charge >= 0.3 is 0 Å². The van der Waals surface area contributed by atoms with Crippen molar-refractivity contribution in [3.8, 4) is 5.69 Å². The first-order valence-corrected chi connectivity index (χ1v) is 21.2. The van der Waals surface area contributed by atoms with E-state index in [1.165, 1.54) is 83.9 Å². The van der Waals surface area contributed by atoms with Crippen LogP contribution in [0.5, 0.6) is 0 Å². The molecule has 3 aliphatic carbocycles. The predicted molar refractivity (Wildman–Crippen MR) is 240 cm³/mol. The van der Waals surface area contributed by atoms with Crippen LogP contribution in [0, 0.1) is 5.92 Å². The number of hydrogen-bond acceptors (Lipinski definition) is 3. The first kappa shape index (κ1) is 33.8. The van der Waals surface area contributed by atoms with Gasteiger partial charge in [0, 0.05) is 50.5 Å². The molecule has 0 saturated carbocycles. The third-order valence-electron chi connectivity index (χ3n) is 13.4. The van der Waals surface area contributed by atoms with Crippen molar-refractivity contribution in [2.24, 2.45) is 10.9 Å². The summed E-state index contributed by atoms with van der Waals surface area (Å²) in [6, 6.07) is 45.4. The van der Waals surface area contributed by atoms with E-state index in [-0.39, 0.29) is 18.4 Å². The maximum atomic E-state index is 5.52. The zero-order chi connectivity index (χ0) is 38.2. The molecule has 282 valence electrons. The number of aliphatic imine (C=N–C) groups is 1. The van der Waals surface area contributed by atoms with Crippen LogP contribution in [-0.2, 0) is 6.42 Å². The van der Waals surface area contributed by atoms with Gasteiger partial charge in [-0.1, -0.05) is 146 Å². The highest BCUT2D eigenvalue weighted by atomic mass is 15.3. The van der Waals surface area contributed by atoms with Crippen molar-refractivity contribution in [2.75, 3.05) is 4.90 Å². The van der Waals surface area contributed by atoms with Crippen molar-refractivity contribution in [1.29, 1.82) is 0 Å². The molecule has 0 fully saturated rings. The smallest absolute Gasteiger partial charge is 0.230 e. The Morgan fingerprint density at radius 1 is 0.707 bits per heavy atom. The lowest BCUT2D eigenvalue weighted by Gasteiger charge is -2.32. The van der Waals surface area contributed by atoms with Crippen LogP contribution in [0.3, 0.4) is 0 Å². The van der Waals surface area contributed by atoms with Crippen molar-refractivity contribution in [3.63, 3.8) is 0 Å². The van der Waals surface area contributed by atoms with Crippen LogP contribution in [0.25, 0.3) is 44.2 Å². The summed E-state index contributed by atoms with van der Waals surface area (Å²) in [5.74, 6) is 1.76. The molecule has 6 aromatic carbocycles. The number of nitrogens with two attached hydrogens (primary N) is 1. The van der Waals surface area contributed by atoms with Gasteiger partial charge < -0.3 is 9.47 Å². The van der Waals surface area contributed by atoms with Gasteiger partial charge in [0.25, 0.3) is 0 Å². The van der Waals surface area contributed by atoms with E-state index in [4.69, 9.17) is 4.99 Å². The molecule has 0 spiro atoms. The summed E-state index contributed by atoms with van der Waals surface area (Å²) in [5.41, 5.74) is 11.7. The van der Waals surface area contributed by atoms with Crippen LogP contribution < -0.4 is 15.5 Å². The fourth-order valence-electron chi connectivity index (χ4n) is 10.7. The number of nitrogens with zero attached hydrogens (tertiary/aromatic N) is 3. The van der Waals surface area contributed by atoms with E-state index in [0.29, 0.717) is 11.8 Å². The van der Waals surface area contributed by atoms with Crippen LogP contribution in [-0.4, -0.2) is 22.6 Å². The number of anilines is 2. The summed E-state index contributed by atoms with van der Waals surface area (Å²) < 4.78 is 2.61. The van der Waals surface area contributed by atoms with E-state index >= 15 is 0 Å². The van der Waals surface area contributed by atoms with Crippen molar-refractivity contribution in [2.45, 2.75) is 56.4 Å². The van der Waals surface area contributed by atoms with Crippen molar-refractivity contribution in [3.05, 3.63) is 192 Å². The topological polar surface area (TPSA) is 49.2 Å². The molecule has 0 radical (unpaired) electrons. The molecular weight excluding hydrogens is 707 g/mol. The van der Waals surface area contributed by atoms with Crippen LogP contribution >= 0.6 is 0 Å². The first-order chi connectivity index (χ1) is 28.8. The number of aromatic nitrogens is 1. The molecular formula is C53H46N5+. The zero-order valence-corrected chi connectivity index (χ0v) is 32.5. The second kappa shape index (κ2) is 13.7. The van der Waals surface area contributed by atoms with Crippen molar-refractivity contribution >= 4 is 55.7 Å². The van der Waals surface area contributed by atoms with E-state index in [0.717, 1.165) is 31.5 Å². The Bertz CT molecular complexity index is 2930. The van der Waals surface area contributed by atoms with Gasteiger partial charge in [-0.25, -0.2) is 10.3 Å². The number of benzene rings is 6. The normalized spacial score (nSPS) is 23.3. The molecule has 7 aromatic rings. The van der Waals surface area contributed by atoms with Crippen LogP contribution in [0.4, 0.5) is 11.4 Å². The summed E-state index contributed by atoms with van der Waals surface area (Å²) in [5, 5.41) is 12.6. The maximum absolute atomic E-state index is 5.52. The van der Waals surface area contributed by atoms with Gasteiger partial charge in [0.2, 0.25) is 5.84 Å². The van der Waals surface area contributed by atoms with E-state index in [1.54, 1.807) is 0 Å². The third-order valence-corrected chi connectivity index (χ3v) is 13.4. The number of nitrogens with one attached hydrogen (secondary N) is 1. The minimum absolute atomic E-state index is 0.0175. The maximum Gasteiger partial charge on any atom is 0.230 e. The van der Waals surface area contributed by atoms with E-state index in [9.17, 15) is 0 Å². The number of allylic oxidation sites excluding steroid dienone is 4. The molecule has 12 rings (SSSR count). The quantitative estimate of drug-likeness (QED) is 0.172. The van der Waals surface area contributed by atoms with Gasteiger partial charge in [-0.15, -0.1) is 0 Å². The summed E-state index contributed by atoms with van der Waals surface area (Å²) in [6.07, 6.45) is 24.4. The molecule has 3 heterocycles. The average molecular weight is 753 g/mol. The molecule has 0 amide bonds. The highest BCUT2D eigenvalue weighted by Gasteiger charge is 2.40. The Balaban J connectivity index is 1.08. The molecule has 2 aliphatic heterocycles. The Labute approximate surface area is 339 Å². The standard InChI is InChI=1S/C53H45N5/c1-3-17-34(18-4-1)51-54-52(35-19-5-2-6-20-35)56-53(55-51)42-31-32-47(39-24-10-9-23-38(39)42)57-46-30-16-13-27-43(46)49-48(57)33-36-21-7-8-22-37(36)50(49)58-44-28-14-11-25-40(44)41-26-12-15-29-45(41)58/h1,3-5,7-15,17-19,21-29,31-33,35,40,44,51-52,54H,2,6,16,20,30H2,(H,55,56)/p+1. The largest absolute Gasteiger partial charge is 0.332 e. The van der Waals surface area contributed by atoms with E-state index in [2.05, 4.69) is 190 Å². The Kier molecular flexibility index (Phi) is 7.99. The summed E-state index contributed by atoms with van der Waals surface area (Å²) in [4.78, 5) is 8.18. The second-order valence-electron chi connectivity index (χ2n) is 16.6. The molecule has 5 unspecified atom stereocenters.